The number of hydrogen-bond acceptors (Lipinski definition) is 5. The minimum atomic E-state index is -4.17. The molecule has 230 valence electrons. The molecule has 0 radical (unpaired) electrons. The normalized spacial score (nSPS) is 11.8. The lowest BCUT2D eigenvalue weighted by Gasteiger charge is -2.33. The van der Waals surface area contributed by atoms with Crippen LogP contribution in [0, 0.1) is 13.8 Å². The van der Waals surface area contributed by atoms with Crippen LogP contribution in [0.5, 0.6) is 5.75 Å². The molecule has 0 bridgehead atoms. The first-order valence-electron chi connectivity index (χ1n) is 14.5. The molecule has 0 saturated heterocycles. The molecule has 0 fully saturated rings. The van der Waals surface area contributed by atoms with Gasteiger partial charge in [-0.3, -0.25) is 13.9 Å². The van der Waals surface area contributed by atoms with Crippen molar-refractivity contribution in [1.82, 2.24) is 10.2 Å². The van der Waals surface area contributed by atoms with Crippen molar-refractivity contribution in [3.8, 4) is 5.75 Å². The monoisotopic (exact) mass is 613 g/mol. The van der Waals surface area contributed by atoms with Crippen LogP contribution in [-0.4, -0.2) is 51.4 Å². The maximum atomic E-state index is 14.4. The van der Waals surface area contributed by atoms with E-state index in [1.807, 2.05) is 75.4 Å². The minimum Gasteiger partial charge on any atom is -0.494 e. The Morgan fingerprint density at radius 3 is 1.95 bits per heavy atom. The molecule has 8 nitrogen and oxygen atoms in total. The third-order valence-corrected chi connectivity index (χ3v) is 9.10. The van der Waals surface area contributed by atoms with Gasteiger partial charge in [0.15, 0.2) is 0 Å². The Kier molecular flexibility index (Phi) is 10.8. The van der Waals surface area contributed by atoms with E-state index < -0.39 is 28.5 Å². The molecule has 0 aliphatic carbocycles. The molecule has 2 amide bonds. The predicted molar refractivity (Wildman–Crippen MR) is 173 cm³/mol. The number of aryl methyl sites for hydroxylation is 2. The van der Waals surface area contributed by atoms with Crippen LogP contribution in [0.2, 0.25) is 0 Å². The largest absolute Gasteiger partial charge is 0.494 e. The van der Waals surface area contributed by atoms with Gasteiger partial charge in [0.05, 0.1) is 17.2 Å². The minimum absolute atomic E-state index is 0.0574. The summed E-state index contributed by atoms with van der Waals surface area (Å²) in [5.41, 5.74) is 3.96. The van der Waals surface area contributed by atoms with Gasteiger partial charge in [0.25, 0.3) is 10.0 Å². The molecular formula is C35H39N3O5S. The Labute approximate surface area is 260 Å². The van der Waals surface area contributed by atoms with E-state index in [0.29, 0.717) is 18.0 Å². The standard InChI is InChI=1S/C35H39N3O5S/c1-5-43-31-19-17-30(18-20-31)38(44(41,42)32-21-13-27(3)14-22-32)25-34(39)37(24-29-15-11-26(2)12-16-29)33(35(40)36-4)23-28-9-7-6-8-10-28/h6-22,33H,5,23-25H2,1-4H3,(H,36,40). The topological polar surface area (TPSA) is 96.0 Å². The number of carbonyl (C=O) groups excluding carboxylic acids is 2. The van der Waals surface area contributed by atoms with Crippen molar-refractivity contribution in [1.29, 1.82) is 0 Å². The van der Waals surface area contributed by atoms with Crippen molar-refractivity contribution in [2.45, 2.75) is 44.7 Å². The second-order valence-corrected chi connectivity index (χ2v) is 12.4. The van der Waals surface area contributed by atoms with Gasteiger partial charge in [-0.25, -0.2) is 8.42 Å². The van der Waals surface area contributed by atoms with Crippen LogP contribution in [0.1, 0.15) is 29.2 Å². The predicted octanol–water partition coefficient (Wildman–Crippen LogP) is 5.28. The fourth-order valence-corrected chi connectivity index (χ4v) is 6.27. The van der Waals surface area contributed by atoms with Crippen LogP contribution in [0.15, 0.2) is 108 Å². The third-order valence-electron chi connectivity index (χ3n) is 7.31. The lowest BCUT2D eigenvalue weighted by atomic mass is 10.0. The van der Waals surface area contributed by atoms with Crippen molar-refractivity contribution in [3.05, 3.63) is 125 Å². The van der Waals surface area contributed by atoms with E-state index in [4.69, 9.17) is 4.74 Å². The quantitative estimate of drug-likeness (QED) is 0.221. The fraction of sp³-hybridized carbons (Fsp3) is 0.257. The Morgan fingerprint density at radius 1 is 0.795 bits per heavy atom. The summed E-state index contributed by atoms with van der Waals surface area (Å²) in [6.07, 6.45) is 0.256. The van der Waals surface area contributed by atoms with Gasteiger partial charge in [-0.2, -0.15) is 0 Å². The number of anilines is 1. The van der Waals surface area contributed by atoms with Gasteiger partial charge in [-0.05, 0) is 68.3 Å². The second kappa shape index (κ2) is 14.7. The van der Waals surface area contributed by atoms with E-state index in [0.717, 1.165) is 26.6 Å². The molecule has 0 aliphatic heterocycles. The molecule has 0 saturated carbocycles. The molecule has 4 aromatic rings. The van der Waals surface area contributed by atoms with Crippen LogP contribution in [0.25, 0.3) is 0 Å². The van der Waals surface area contributed by atoms with Crippen LogP contribution < -0.4 is 14.4 Å². The Bertz CT molecular complexity index is 1640. The zero-order valence-electron chi connectivity index (χ0n) is 25.6. The van der Waals surface area contributed by atoms with Crippen LogP contribution in [0.3, 0.4) is 0 Å². The maximum absolute atomic E-state index is 14.4. The molecule has 4 rings (SSSR count). The summed E-state index contributed by atoms with van der Waals surface area (Å²) in [7, 11) is -2.64. The first-order chi connectivity index (χ1) is 21.1. The van der Waals surface area contributed by atoms with Crippen LogP contribution in [0.4, 0.5) is 5.69 Å². The van der Waals surface area contributed by atoms with Crippen LogP contribution >= 0.6 is 0 Å². The summed E-state index contributed by atoms with van der Waals surface area (Å²) in [5.74, 6) is -0.276. The average molecular weight is 614 g/mol. The van der Waals surface area contributed by atoms with Crippen molar-refractivity contribution in [3.63, 3.8) is 0 Å². The molecule has 1 N–H and O–H groups in total. The molecular weight excluding hydrogens is 574 g/mol. The highest BCUT2D eigenvalue weighted by molar-refractivity contribution is 7.92. The summed E-state index contributed by atoms with van der Waals surface area (Å²) < 4.78 is 34.9. The number of rotatable bonds is 13. The van der Waals surface area contributed by atoms with Crippen molar-refractivity contribution < 1.29 is 22.7 Å². The number of benzene rings is 4. The number of amides is 2. The van der Waals surface area contributed by atoms with Crippen molar-refractivity contribution in [2.24, 2.45) is 0 Å². The molecule has 1 atom stereocenters. The first-order valence-corrected chi connectivity index (χ1v) is 16.0. The van der Waals surface area contributed by atoms with E-state index in [-0.39, 0.29) is 23.8 Å². The van der Waals surface area contributed by atoms with Gasteiger partial charge in [0, 0.05) is 20.0 Å². The molecule has 4 aromatic carbocycles. The van der Waals surface area contributed by atoms with Gasteiger partial charge >= 0.3 is 0 Å². The van der Waals surface area contributed by atoms with Crippen molar-refractivity contribution in [2.75, 3.05) is 24.5 Å². The van der Waals surface area contributed by atoms with E-state index in [1.165, 1.54) is 24.1 Å². The SMILES string of the molecule is CCOc1ccc(N(CC(=O)N(Cc2ccc(C)cc2)C(Cc2ccccc2)C(=O)NC)S(=O)(=O)c2ccc(C)cc2)cc1. The van der Waals surface area contributed by atoms with E-state index in [2.05, 4.69) is 5.32 Å². The Morgan fingerprint density at radius 2 is 1.39 bits per heavy atom. The van der Waals surface area contributed by atoms with E-state index >= 15 is 0 Å². The molecule has 0 heterocycles. The number of hydrogen-bond donors (Lipinski definition) is 1. The van der Waals surface area contributed by atoms with Gasteiger partial charge in [-0.15, -0.1) is 0 Å². The lowest BCUT2D eigenvalue weighted by Crippen LogP contribution is -2.53. The first kappa shape index (κ1) is 32.3. The summed E-state index contributed by atoms with van der Waals surface area (Å²) >= 11 is 0. The highest BCUT2D eigenvalue weighted by Gasteiger charge is 2.34. The average Bonchev–Trinajstić information content (AvgIpc) is 3.03. The summed E-state index contributed by atoms with van der Waals surface area (Å²) in [5, 5.41) is 2.70. The molecule has 0 aromatic heterocycles. The smallest absolute Gasteiger partial charge is 0.264 e. The van der Waals surface area contributed by atoms with E-state index in [1.54, 1.807) is 36.4 Å². The molecule has 9 heteroatoms. The Hall–Kier alpha value is -4.63. The number of likely N-dealkylation sites (N-methyl/N-ethyl adjacent to an activating group) is 1. The fourth-order valence-electron chi connectivity index (χ4n) is 4.85. The second-order valence-electron chi connectivity index (χ2n) is 10.6. The van der Waals surface area contributed by atoms with Gasteiger partial charge in [-0.1, -0.05) is 77.9 Å². The maximum Gasteiger partial charge on any atom is 0.264 e. The van der Waals surface area contributed by atoms with Crippen LogP contribution in [-0.2, 0) is 32.6 Å². The van der Waals surface area contributed by atoms with Gasteiger partial charge in [0.2, 0.25) is 11.8 Å². The number of ether oxygens (including phenoxy) is 1. The number of nitrogens with one attached hydrogen (secondary N) is 1. The Balaban J connectivity index is 1.78. The zero-order valence-corrected chi connectivity index (χ0v) is 26.4. The zero-order chi connectivity index (χ0) is 31.7. The number of nitrogens with zero attached hydrogens (tertiary/aromatic N) is 2. The molecule has 1 unspecified atom stereocenters. The van der Waals surface area contributed by atoms with E-state index in [9.17, 15) is 18.0 Å². The number of sulfonamides is 1. The number of carbonyl (C=O) groups is 2. The molecule has 44 heavy (non-hydrogen) atoms. The molecule has 0 spiro atoms. The lowest BCUT2D eigenvalue weighted by molar-refractivity contribution is -0.139. The summed E-state index contributed by atoms with van der Waals surface area (Å²) in [6.45, 7) is 5.77. The molecule has 0 aliphatic rings. The third kappa shape index (κ3) is 8.05. The summed E-state index contributed by atoms with van der Waals surface area (Å²) in [6, 6.07) is 29.4. The summed E-state index contributed by atoms with van der Waals surface area (Å²) in [4.78, 5) is 29.3. The highest BCUT2D eigenvalue weighted by atomic mass is 32.2. The highest BCUT2D eigenvalue weighted by Crippen LogP contribution is 2.27. The van der Waals surface area contributed by atoms with Crippen molar-refractivity contribution >= 4 is 27.5 Å². The van der Waals surface area contributed by atoms with Gasteiger partial charge in [0.1, 0.15) is 18.3 Å². The van der Waals surface area contributed by atoms with Gasteiger partial charge < -0.3 is 15.0 Å².